The molecule has 0 saturated carbocycles. The standard InChI is InChI=1S/C19H16N6O/c1-12-10-13(2)25-19(21-12)22-17(24-25)18(26)23-20-11-15-8-5-7-14-6-3-4-9-16(14)15/h3-11H,1-2H3,(H,23,26). The topological polar surface area (TPSA) is 84.5 Å². The van der Waals surface area contributed by atoms with Crippen molar-refractivity contribution >= 4 is 28.7 Å². The number of hydrogen-bond donors (Lipinski definition) is 1. The summed E-state index contributed by atoms with van der Waals surface area (Å²) in [6.07, 6.45) is 1.61. The number of hydrazone groups is 1. The summed E-state index contributed by atoms with van der Waals surface area (Å²) in [5.74, 6) is -0.0593. The van der Waals surface area contributed by atoms with Gasteiger partial charge in [0.2, 0.25) is 5.82 Å². The van der Waals surface area contributed by atoms with Gasteiger partial charge in [0.1, 0.15) is 0 Å². The normalized spacial score (nSPS) is 11.5. The maximum absolute atomic E-state index is 12.3. The summed E-state index contributed by atoms with van der Waals surface area (Å²) in [6.45, 7) is 3.76. The molecule has 0 aliphatic heterocycles. The van der Waals surface area contributed by atoms with Gasteiger partial charge in [0, 0.05) is 17.0 Å². The molecule has 1 N–H and O–H groups in total. The second-order valence-electron chi connectivity index (χ2n) is 5.95. The Labute approximate surface area is 149 Å². The molecule has 1 amide bonds. The Balaban J connectivity index is 1.57. The van der Waals surface area contributed by atoms with Crippen LogP contribution in [0.4, 0.5) is 0 Å². The van der Waals surface area contributed by atoms with Gasteiger partial charge in [-0.15, -0.1) is 5.10 Å². The Kier molecular flexibility index (Phi) is 3.89. The highest BCUT2D eigenvalue weighted by atomic mass is 16.2. The van der Waals surface area contributed by atoms with Crippen LogP contribution in [0.2, 0.25) is 0 Å². The molecule has 128 valence electrons. The Morgan fingerprint density at radius 2 is 1.92 bits per heavy atom. The van der Waals surface area contributed by atoms with Crippen LogP contribution in [-0.2, 0) is 0 Å². The molecule has 0 radical (unpaired) electrons. The molecule has 7 heteroatoms. The molecule has 26 heavy (non-hydrogen) atoms. The fourth-order valence-corrected chi connectivity index (χ4v) is 2.84. The fraction of sp³-hybridized carbons (Fsp3) is 0.105. The summed E-state index contributed by atoms with van der Waals surface area (Å²) in [4.78, 5) is 20.7. The lowest BCUT2D eigenvalue weighted by Gasteiger charge is -2.01. The molecule has 4 rings (SSSR count). The SMILES string of the molecule is Cc1cc(C)n2nc(C(=O)NN=Cc3cccc4ccccc34)nc2n1. The predicted octanol–water partition coefficient (Wildman–Crippen LogP) is 2.66. The van der Waals surface area contributed by atoms with Gasteiger partial charge in [0.05, 0.1) is 6.21 Å². The maximum atomic E-state index is 12.3. The van der Waals surface area contributed by atoms with Gasteiger partial charge in [-0.2, -0.15) is 10.1 Å². The minimum Gasteiger partial charge on any atom is -0.264 e. The van der Waals surface area contributed by atoms with E-state index in [1.54, 1.807) is 6.21 Å². The van der Waals surface area contributed by atoms with E-state index in [9.17, 15) is 4.79 Å². The smallest absolute Gasteiger partial charge is 0.264 e. The van der Waals surface area contributed by atoms with E-state index < -0.39 is 5.91 Å². The summed E-state index contributed by atoms with van der Waals surface area (Å²) in [6, 6.07) is 15.8. The zero-order valence-electron chi connectivity index (χ0n) is 14.3. The number of rotatable bonds is 3. The third-order valence-corrected chi connectivity index (χ3v) is 4.01. The van der Waals surface area contributed by atoms with Gasteiger partial charge in [-0.25, -0.2) is 14.9 Å². The minimum absolute atomic E-state index is 0.0290. The van der Waals surface area contributed by atoms with Crippen LogP contribution >= 0.6 is 0 Å². The third kappa shape index (κ3) is 2.90. The fourth-order valence-electron chi connectivity index (χ4n) is 2.84. The largest absolute Gasteiger partial charge is 0.311 e. The quantitative estimate of drug-likeness (QED) is 0.457. The van der Waals surface area contributed by atoms with Crippen molar-refractivity contribution in [1.29, 1.82) is 0 Å². The van der Waals surface area contributed by atoms with Crippen molar-refractivity contribution < 1.29 is 4.79 Å². The molecule has 0 saturated heterocycles. The van der Waals surface area contributed by atoms with E-state index >= 15 is 0 Å². The molecule has 0 bridgehead atoms. The van der Waals surface area contributed by atoms with Gasteiger partial charge in [-0.1, -0.05) is 42.5 Å². The molecule has 4 aromatic rings. The van der Waals surface area contributed by atoms with E-state index in [0.717, 1.165) is 27.7 Å². The number of aryl methyl sites for hydroxylation is 2. The molecule has 0 unspecified atom stereocenters. The molecule has 7 nitrogen and oxygen atoms in total. The lowest BCUT2D eigenvalue weighted by Crippen LogP contribution is -2.19. The number of carbonyl (C=O) groups excluding carboxylic acids is 1. The number of hydrogen-bond acceptors (Lipinski definition) is 5. The molecule has 2 heterocycles. The van der Waals surface area contributed by atoms with Crippen molar-refractivity contribution in [3.63, 3.8) is 0 Å². The number of benzene rings is 2. The van der Waals surface area contributed by atoms with Crippen LogP contribution in [0.15, 0.2) is 53.6 Å². The van der Waals surface area contributed by atoms with Crippen LogP contribution in [0.1, 0.15) is 27.6 Å². The van der Waals surface area contributed by atoms with Crippen LogP contribution in [0.3, 0.4) is 0 Å². The molecule has 0 atom stereocenters. The molecule has 0 aliphatic rings. The average Bonchev–Trinajstić information content (AvgIpc) is 3.06. The first-order valence-corrected chi connectivity index (χ1v) is 8.14. The van der Waals surface area contributed by atoms with Gasteiger partial charge in [0.15, 0.2) is 0 Å². The summed E-state index contributed by atoms with van der Waals surface area (Å²) in [7, 11) is 0. The van der Waals surface area contributed by atoms with Gasteiger partial charge in [0.25, 0.3) is 5.78 Å². The Morgan fingerprint density at radius 1 is 1.12 bits per heavy atom. The Hall–Kier alpha value is -3.61. The first kappa shape index (κ1) is 15.9. The Morgan fingerprint density at radius 3 is 2.81 bits per heavy atom. The van der Waals surface area contributed by atoms with Crippen molar-refractivity contribution in [2.75, 3.05) is 0 Å². The molecule has 0 fully saturated rings. The van der Waals surface area contributed by atoms with Crippen molar-refractivity contribution in [1.82, 2.24) is 25.0 Å². The Bertz CT molecular complexity index is 1160. The number of carbonyl (C=O) groups is 1. The van der Waals surface area contributed by atoms with Crippen molar-refractivity contribution in [3.05, 3.63) is 71.3 Å². The van der Waals surface area contributed by atoms with E-state index in [4.69, 9.17) is 0 Å². The van der Waals surface area contributed by atoms with Gasteiger partial charge < -0.3 is 0 Å². The van der Waals surface area contributed by atoms with Crippen LogP contribution < -0.4 is 5.43 Å². The van der Waals surface area contributed by atoms with E-state index in [1.165, 1.54) is 4.52 Å². The van der Waals surface area contributed by atoms with Crippen LogP contribution in [0.25, 0.3) is 16.6 Å². The summed E-state index contributed by atoms with van der Waals surface area (Å²) >= 11 is 0. The maximum Gasteiger partial charge on any atom is 0.311 e. The first-order chi connectivity index (χ1) is 12.6. The van der Waals surface area contributed by atoms with E-state index in [0.29, 0.717) is 5.78 Å². The molecule has 0 spiro atoms. The second kappa shape index (κ2) is 6.36. The monoisotopic (exact) mass is 344 g/mol. The number of nitrogens with zero attached hydrogens (tertiary/aromatic N) is 5. The first-order valence-electron chi connectivity index (χ1n) is 8.14. The molecule has 2 aromatic carbocycles. The summed E-state index contributed by atoms with van der Waals surface area (Å²) in [5.41, 5.74) is 5.07. The van der Waals surface area contributed by atoms with Crippen molar-refractivity contribution in [2.24, 2.45) is 5.10 Å². The number of nitrogens with one attached hydrogen (secondary N) is 1. The molecular weight excluding hydrogens is 328 g/mol. The van der Waals surface area contributed by atoms with Gasteiger partial charge >= 0.3 is 5.91 Å². The third-order valence-electron chi connectivity index (χ3n) is 4.01. The van der Waals surface area contributed by atoms with E-state index in [2.05, 4.69) is 25.6 Å². The molecule has 2 aromatic heterocycles. The predicted molar refractivity (Wildman–Crippen MR) is 99.3 cm³/mol. The van der Waals surface area contributed by atoms with Crippen LogP contribution in [0, 0.1) is 13.8 Å². The molecular formula is C19H16N6O. The van der Waals surface area contributed by atoms with Crippen LogP contribution in [0.5, 0.6) is 0 Å². The highest BCUT2D eigenvalue weighted by molar-refractivity contribution is 6.00. The average molecular weight is 344 g/mol. The number of fused-ring (bicyclic) bond motifs is 2. The highest BCUT2D eigenvalue weighted by Crippen LogP contribution is 2.16. The number of amides is 1. The van der Waals surface area contributed by atoms with E-state index in [-0.39, 0.29) is 5.82 Å². The van der Waals surface area contributed by atoms with Gasteiger partial charge in [-0.3, -0.25) is 4.79 Å². The zero-order valence-corrected chi connectivity index (χ0v) is 14.3. The highest BCUT2D eigenvalue weighted by Gasteiger charge is 2.14. The van der Waals surface area contributed by atoms with Crippen LogP contribution in [-0.4, -0.2) is 31.7 Å². The van der Waals surface area contributed by atoms with Gasteiger partial charge in [-0.05, 0) is 30.7 Å². The lowest BCUT2D eigenvalue weighted by molar-refractivity contribution is 0.0945. The summed E-state index contributed by atoms with van der Waals surface area (Å²) in [5, 5.41) is 10.4. The second-order valence-corrected chi connectivity index (χ2v) is 5.95. The van der Waals surface area contributed by atoms with Crippen molar-refractivity contribution in [3.8, 4) is 0 Å². The molecule has 0 aliphatic carbocycles. The minimum atomic E-state index is -0.482. The van der Waals surface area contributed by atoms with E-state index in [1.807, 2.05) is 62.4 Å². The lowest BCUT2D eigenvalue weighted by atomic mass is 10.1. The zero-order chi connectivity index (χ0) is 18.1. The summed E-state index contributed by atoms with van der Waals surface area (Å²) < 4.78 is 1.54. The number of aromatic nitrogens is 4. The van der Waals surface area contributed by atoms with Crippen molar-refractivity contribution in [2.45, 2.75) is 13.8 Å².